The second-order valence-corrected chi connectivity index (χ2v) is 5.91. The Morgan fingerprint density at radius 3 is 2.65 bits per heavy atom. The van der Waals surface area contributed by atoms with Gasteiger partial charge in [-0.15, -0.1) is 24.8 Å². The van der Waals surface area contributed by atoms with Crippen LogP contribution in [0.15, 0.2) is 30.3 Å². The highest BCUT2D eigenvalue weighted by Gasteiger charge is 2.18. The SMILES string of the molecule is CC1CCCCN1CCCNC(=O)C(N)c1ccccc1.Cl.Cl. The largest absolute Gasteiger partial charge is 0.354 e. The van der Waals surface area contributed by atoms with Crippen molar-refractivity contribution in [3.8, 4) is 0 Å². The van der Waals surface area contributed by atoms with Gasteiger partial charge < -0.3 is 16.0 Å². The van der Waals surface area contributed by atoms with Crippen LogP contribution in [0.1, 0.15) is 44.2 Å². The van der Waals surface area contributed by atoms with Crippen LogP contribution in [-0.4, -0.2) is 36.5 Å². The van der Waals surface area contributed by atoms with Gasteiger partial charge in [-0.1, -0.05) is 36.8 Å². The maximum atomic E-state index is 12.0. The first-order valence-corrected chi connectivity index (χ1v) is 8.01. The number of hydrogen-bond donors (Lipinski definition) is 2. The molecule has 4 nitrogen and oxygen atoms in total. The Morgan fingerprint density at radius 1 is 1.30 bits per heavy atom. The number of halogens is 2. The number of piperidine rings is 1. The van der Waals surface area contributed by atoms with Crippen molar-refractivity contribution in [2.75, 3.05) is 19.6 Å². The minimum absolute atomic E-state index is 0. The first-order chi connectivity index (χ1) is 10.2. The number of likely N-dealkylation sites (tertiary alicyclic amines) is 1. The van der Waals surface area contributed by atoms with Crippen LogP contribution in [-0.2, 0) is 4.79 Å². The fourth-order valence-electron chi connectivity index (χ4n) is 2.91. The summed E-state index contributed by atoms with van der Waals surface area (Å²) in [6.07, 6.45) is 4.93. The molecule has 2 rings (SSSR count). The minimum atomic E-state index is -0.569. The smallest absolute Gasteiger partial charge is 0.241 e. The molecule has 1 heterocycles. The highest BCUT2D eigenvalue weighted by Crippen LogP contribution is 2.16. The minimum Gasteiger partial charge on any atom is -0.354 e. The molecule has 6 heteroatoms. The summed E-state index contributed by atoms with van der Waals surface area (Å²) in [6, 6.07) is 9.62. The lowest BCUT2D eigenvalue weighted by molar-refractivity contribution is -0.122. The number of nitrogens with two attached hydrogens (primary N) is 1. The average molecular weight is 362 g/mol. The molecule has 1 saturated heterocycles. The highest BCUT2D eigenvalue weighted by molar-refractivity contribution is 5.85. The molecule has 1 aliphatic heterocycles. The van der Waals surface area contributed by atoms with Crippen molar-refractivity contribution in [3.63, 3.8) is 0 Å². The zero-order valence-electron chi connectivity index (χ0n) is 13.7. The Hall–Kier alpha value is -0.810. The monoisotopic (exact) mass is 361 g/mol. The van der Waals surface area contributed by atoms with Gasteiger partial charge in [0.05, 0.1) is 0 Å². The summed E-state index contributed by atoms with van der Waals surface area (Å²) >= 11 is 0. The fourth-order valence-corrected chi connectivity index (χ4v) is 2.91. The summed E-state index contributed by atoms with van der Waals surface area (Å²) in [5.41, 5.74) is 6.82. The summed E-state index contributed by atoms with van der Waals surface area (Å²) in [5, 5.41) is 2.94. The van der Waals surface area contributed by atoms with Gasteiger partial charge in [-0.3, -0.25) is 4.79 Å². The van der Waals surface area contributed by atoms with Crippen molar-refractivity contribution >= 4 is 30.7 Å². The number of amides is 1. The van der Waals surface area contributed by atoms with Crippen molar-refractivity contribution in [1.82, 2.24) is 10.2 Å². The number of carbonyl (C=O) groups excluding carboxylic acids is 1. The Balaban J connectivity index is 0.00000242. The normalized spacial score (nSPS) is 19.1. The lowest BCUT2D eigenvalue weighted by Crippen LogP contribution is -2.40. The van der Waals surface area contributed by atoms with Gasteiger partial charge >= 0.3 is 0 Å². The molecule has 1 aliphatic rings. The molecular weight excluding hydrogens is 333 g/mol. The van der Waals surface area contributed by atoms with E-state index in [-0.39, 0.29) is 30.7 Å². The van der Waals surface area contributed by atoms with E-state index >= 15 is 0 Å². The summed E-state index contributed by atoms with van der Waals surface area (Å²) in [5.74, 6) is -0.0899. The van der Waals surface area contributed by atoms with E-state index in [0.29, 0.717) is 12.6 Å². The number of rotatable bonds is 6. The van der Waals surface area contributed by atoms with E-state index in [1.807, 2.05) is 30.3 Å². The van der Waals surface area contributed by atoms with Crippen molar-refractivity contribution in [2.45, 2.75) is 44.7 Å². The fraction of sp³-hybridized carbons (Fsp3) is 0.588. The second kappa shape index (κ2) is 11.7. The lowest BCUT2D eigenvalue weighted by atomic mass is 10.0. The van der Waals surface area contributed by atoms with Crippen LogP contribution >= 0.6 is 24.8 Å². The van der Waals surface area contributed by atoms with Crippen LogP contribution in [0, 0.1) is 0 Å². The van der Waals surface area contributed by atoms with Crippen molar-refractivity contribution in [2.24, 2.45) is 5.73 Å². The second-order valence-electron chi connectivity index (χ2n) is 5.91. The standard InChI is InChI=1S/C17H27N3O.2ClH/c1-14-8-5-6-12-20(14)13-7-11-19-17(21)16(18)15-9-3-2-4-10-15;;/h2-4,9-10,14,16H,5-8,11-13,18H2,1H3,(H,19,21);2*1H. The average Bonchev–Trinajstić information content (AvgIpc) is 2.53. The third-order valence-electron chi connectivity index (χ3n) is 4.30. The van der Waals surface area contributed by atoms with E-state index in [0.717, 1.165) is 18.5 Å². The van der Waals surface area contributed by atoms with Gasteiger partial charge in [0.15, 0.2) is 0 Å². The molecular formula is C17H29Cl2N3O. The number of nitrogens with zero attached hydrogens (tertiary/aromatic N) is 1. The maximum Gasteiger partial charge on any atom is 0.241 e. The van der Waals surface area contributed by atoms with Gasteiger partial charge in [-0.2, -0.15) is 0 Å². The molecule has 0 spiro atoms. The van der Waals surface area contributed by atoms with Gasteiger partial charge in [0.25, 0.3) is 0 Å². The topological polar surface area (TPSA) is 58.4 Å². The third-order valence-corrected chi connectivity index (χ3v) is 4.30. The molecule has 0 radical (unpaired) electrons. The van der Waals surface area contributed by atoms with Gasteiger partial charge in [0, 0.05) is 19.1 Å². The van der Waals surface area contributed by atoms with E-state index in [9.17, 15) is 4.79 Å². The van der Waals surface area contributed by atoms with Crippen LogP contribution in [0.4, 0.5) is 0 Å². The van der Waals surface area contributed by atoms with Crippen molar-refractivity contribution in [3.05, 3.63) is 35.9 Å². The van der Waals surface area contributed by atoms with E-state index < -0.39 is 6.04 Å². The highest BCUT2D eigenvalue weighted by atomic mass is 35.5. The summed E-state index contributed by atoms with van der Waals surface area (Å²) in [6.45, 7) is 5.24. The van der Waals surface area contributed by atoms with E-state index in [2.05, 4.69) is 17.1 Å². The quantitative estimate of drug-likeness (QED) is 0.765. The Bertz CT molecular complexity index is 445. The third kappa shape index (κ3) is 7.08. The van der Waals surface area contributed by atoms with Gasteiger partial charge in [0.1, 0.15) is 6.04 Å². The first-order valence-electron chi connectivity index (χ1n) is 8.01. The molecule has 0 saturated carbocycles. The Morgan fingerprint density at radius 2 is 2.00 bits per heavy atom. The predicted molar refractivity (Wildman–Crippen MR) is 100 cm³/mol. The molecule has 1 aromatic rings. The molecule has 23 heavy (non-hydrogen) atoms. The lowest BCUT2D eigenvalue weighted by Gasteiger charge is -2.33. The van der Waals surface area contributed by atoms with Crippen LogP contribution in [0.3, 0.4) is 0 Å². The summed E-state index contributed by atoms with van der Waals surface area (Å²) < 4.78 is 0. The number of carbonyl (C=O) groups is 1. The van der Waals surface area contributed by atoms with E-state index in [4.69, 9.17) is 5.73 Å². The van der Waals surface area contributed by atoms with Crippen LogP contribution < -0.4 is 11.1 Å². The van der Waals surface area contributed by atoms with Crippen LogP contribution in [0.2, 0.25) is 0 Å². The molecule has 1 aromatic carbocycles. The van der Waals surface area contributed by atoms with Crippen LogP contribution in [0.25, 0.3) is 0 Å². The molecule has 0 aromatic heterocycles. The molecule has 2 unspecified atom stereocenters. The van der Waals surface area contributed by atoms with Crippen molar-refractivity contribution in [1.29, 1.82) is 0 Å². The molecule has 1 fully saturated rings. The van der Waals surface area contributed by atoms with Gasteiger partial charge in [0.2, 0.25) is 5.91 Å². The zero-order valence-corrected chi connectivity index (χ0v) is 15.4. The van der Waals surface area contributed by atoms with Gasteiger partial charge in [-0.25, -0.2) is 0 Å². The Kier molecular flexibility index (Phi) is 11.3. The number of hydrogen-bond acceptors (Lipinski definition) is 3. The Labute approximate surface area is 152 Å². The molecule has 3 N–H and O–H groups in total. The molecule has 2 atom stereocenters. The summed E-state index contributed by atoms with van der Waals surface area (Å²) in [7, 11) is 0. The molecule has 1 amide bonds. The molecule has 132 valence electrons. The van der Waals surface area contributed by atoms with Crippen molar-refractivity contribution < 1.29 is 4.79 Å². The first kappa shape index (κ1) is 22.2. The van der Waals surface area contributed by atoms with E-state index in [1.54, 1.807) is 0 Å². The van der Waals surface area contributed by atoms with Gasteiger partial charge in [-0.05, 0) is 38.3 Å². The van der Waals surface area contributed by atoms with Crippen LogP contribution in [0.5, 0.6) is 0 Å². The zero-order chi connectivity index (χ0) is 15.1. The number of nitrogens with one attached hydrogen (secondary N) is 1. The maximum absolute atomic E-state index is 12.0. The summed E-state index contributed by atoms with van der Waals surface area (Å²) in [4.78, 5) is 14.5. The number of benzene rings is 1. The molecule has 0 bridgehead atoms. The molecule has 0 aliphatic carbocycles. The predicted octanol–water partition coefficient (Wildman–Crippen LogP) is 2.91. The van der Waals surface area contributed by atoms with E-state index in [1.165, 1.54) is 25.8 Å².